The molecule has 0 aromatic heterocycles. The van der Waals surface area contributed by atoms with Gasteiger partial charge in [-0.1, -0.05) is 18.2 Å². The molecule has 0 fully saturated rings. The lowest BCUT2D eigenvalue weighted by Crippen LogP contribution is -2.50. The van der Waals surface area contributed by atoms with Crippen LogP contribution in [0.5, 0.6) is 0 Å². The number of fused-ring (bicyclic) bond motifs is 3. The van der Waals surface area contributed by atoms with Gasteiger partial charge in [-0.15, -0.1) is 0 Å². The number of amides is 1. The standard InChI is InChI=1S/C20H18B2ClFN4O2/c1-4-27-9(2)28(20(21,22)30)18-14(27)8-13(25-3)15-16(18)19(29)26-17(15)11-7-10(24)5-6-12(11)23/h5-8,17,25,30H,2,4H2,1,3H3,(H,26,29). The van der Waals surface area contributed by atoms with E-state index in [9.17, 15) is 14.3 Å². The van der Waals surface area contributed by atoms with E-state index in [1.54, 1.807) is 11.9 Å². The highest BCUT2D eigenvalue weighted by atomic mass is 35.5. The first-order valence-corrected chi connectivity index (χ1v) is 9.69. The molecule has 2 aromatic carbocycles. The molecule has 0 bridgehead atoms. The van der Waals surface area contributed by atoms with Gasteiger partial charge in [0.25, 0.3) is 5.91 Å². The van der Waals surface area contributed by atoms with Crippen molar-refractivity contribution in [3.05, 3.63) is 64.2 Å². The van der Waals surface area contributed by atoms with Gasteiger partial charge < -0.3 is 25.5 Å². The summed E-state index contributed by atoms with van der Waals surface area (Å²) < 4.78 is 14.0. The molecule has 0 saturated carbocycles. The Kier molecular flexibility index (Phi) is 4.78. The fourth-order valence-electron chi connectivity index (χ4n) is 4.21. The van der Waals surface area contributed by atoms with Crippen molar-refractivity contribution < 1.29 is 14.3 Å². The molecule has 10 heteroatoms. The van der Waals surface area contributed by atoms with Gasteiger partial charge in [0.15, 0.2) is 0 Å². The maximum absolute atomic E-state index is 14.0. The summed E-state index contributed by atoms with van der Waals surface area (Å²) in [7, 11) is 13.4. The van der Waals surface area contributed by atoms with Crippen molar-refractivity contribution in [1.29, 1.82) is 0 Å². The highest BCUT2D eigenvalue weighted by molar-refractivity contribution is 6.41. The number of carbonyl (C=O) groups is 1. The first-order valence-electron chi connectivity index (χ1n) is 9.31. The van der Waals surface area contributed by atoms with Crippen molar-refractivity contribution in [3.63, 3.8) is 0 Å². The van der Waals surface area contributed by atoms with Gasteiger partial charge in [-0.2, -0.15) is 0 Å². The zero-order valence-electron chi connectivity index (χ0n) is 16.5. The molecule has 0 aliphatic carbocycles. The Bertz CT molecular complexity index is 1090. The maximum Gasteiger partial charge on any atom is 0.254 e. The minimum absolute atomic E-state index is 0.258. The molecule has 2 aliphatic rings. The summed E-state index contributed by atoms with van der Waals surface area (Å²) in [6, 6.07) is 5.08. The number of nitrogens with zero attached hydrogens (tertiary/aromatic N) is 2. The molecule has 2 aromatic rings. The largest absolute Gasteiger partial charge is 0.389 e. The molecular formula is C20H18B2ClFN4O2. The molecule has 1 atom stereocenters. The van der Waals surface area contributed by atoms with E-state index in [1.807, 2.05) is 13.0 Å². The van der Waals surface area contributed by atoms with Crippen LogP contribution in [0.2, 0.25) is 5.02 Å². The number of rotatable bonds is 4. The van der Waals surface area contributed by atoms with Crippen LogP contribution < -0.4 is 20.4 Å². The summed E-state index contributed by atoms with van der Waals surface area (Å²) in [6.07, 6.45) is 0. The normalized spacial score (nSPS) is 17.8. The van der Waals surface area contributed by atoms with Crippen molar-refractivity contribution in [3.8, 4) is 0 Å². The van der Waals surface area contributed by atoms with E-state index in [0.717, 1.165) is 0 Å². The SMILES string of the molecule is [B]C([B])(O)N1C(=C)N(CC)c2cc(NC)c3c(c21)C(=O)NC3c1cc(F)ccc1Cl. The second-order valence-corrected chi connectivity index (χ2v) is 7.59. The Hall–Kier alpha value is -2.64. The highest BCUT2D eigenvalue weighted by Gasteiger charge is 2.45. The zero-order chi connectivity index (χ0) is 22.0. The molecule has 0 spiro atoms. The summed E-state index contributed by atoms with van der Waals surface area (Å²) in [5, 5.41) is 16.7. The number of hydrogen-bond acceptors (Lipinski definition) is 5. The van der Waals surface area contributed by atoms with Crippen molar-refractivity contribution in [1.82, 2.24) is 5.32 Å². The summed E-state index contributed by atoms with van der Waals surface area (Å²) >= 11 is 6.32. The average Bonchev–Trinajstić information content (AvgIpc) is 3.16. The first kappa shape index (κ1) is 20.6. The second kappa shape index (κ2) is 6.96. The van der Waals surface area contributed by atoms with Crippen LogP contribution in [0.25, 0.3) is 0 Å². The van der Waals surface area contributed by atoms with Gasteiger partial charge in [0.05, 0.1) is 28.5 Å². The van der Waals surface area contributed by atoms with Crippen LogP contribution in [0.1, 0.15) is 34.5 Å². The van der Waals surface area contributed by atoms with E-state index in [0.29, 0.717) is 45.6 Å². The van der Waals surface area contributed by atoms with Crippen LogP contribution in [0.3, 0.4) is 0 Å². The lowest BCUT2D eigenvalue weighted by atomic mass is 9.71. The summed E-state index contributed by atoms with van der Waals surface area (Å²) in [4.78, 5) is 16.1. The predicted molar refractivity (Wildman–Crippen MR) is 118 cm³/mol. The minimum atomic E-state index is -2.29. The number of hydrogen-bond donors (Lipinski definition) is 3. The van der Waals surface area contributed by atoms with Crippen molar-refractivity contribution in [2.45, 2.75) is 18.5 Å². The number of anilines is 3. The second-order valence-electron chi connectivity index (χ2n) is 7.18. The van der Waals surface area contributed by atoms with Crippen molar-refractivity contribution >= 4 is 50.3 Å². The number of benzene rings is 2. The molecule has 150 valence electrons. The van der Waals surface area contributed by atoms with E-state index in [-0.39, 0.29) is 5.56 Å². The van der Waals surface area contributed by atoms with Crippen LogP contribution >= 0.6 is 11.6 Å². The molecule has 30 heavy (non-hydrogen) atoms. The fraction of sp³-hybridized carbons (Fsp3) is 0.250. The van der Waals surface area contributed by atoms with E-state index in [4.69, 9.17) is 27.3 Å². The molecule has 4 radical (unpaired) electrons. The summed E-state index contributed by atoms with van der Waals surface area (Å²) in [6.45, 7) is 6.38. The van der Waals surface area contributed by atoms with E-state index >= 15 is 0 Å². The Labute approximate surface area is 181 Å². The number of aliphatic hydroxyl groups is 1. The molecule has 6 nitrogen and oxygen atoms in total. The van der Waals surface area contributed by atoms with Gasteiger partial charge in [0.1, 0.15) is 27.3 Å². The molecule has 0 saturated heterocycles. The van der Waals surface area contributed by atoms with Gasteiger partial charge in [0, 0.05) is 35.4 Å². The monoisotopic (exact) mass is 422 g/mol. The van der Waals surface area contributed by atoms with Gasteiger partial charge in [0.2, 0.25) is 0 Å². The fourth-order valence-corrected chi connectivity index (χ4v) is 4.44. The average molecular weight is 422 g/mol. The van der Waals surface area contributed by atoms with Crippen LogP contribution in [0.15, 0.2) is 36.7 Å². The van der Waals surface area contributed by atoms with E-state index in [2.05, 4.69) is 17.2 Å². The van der Waals surface area contributed by atoms with Gasteiger partial charge in [-0.05, 0) is 31.2 Å². The Morgan fingerprint density at radius 3 is 2.70 bits per heavy atom. The molecule has 2 aliphatic heterocycles. The molecule has 1 amide bonds. The predicted octanol–water partition coefficient (Wildman–Crippen LogP) is 2.41. The van der Waals surface area contributed by atoms with E-state index in [1.165, 1.54) is 23.1 Å². The van der Waals surface area contributed by atoms with Crippen molar-refractivity contribution in [2.75, 3.05) is 28.7 Å². The number of nitrogens with one attached hydrogen (secondary N) is 2. The number of carbonyl (C=O) groups excluding carboxylic acids is 1. The van der Waals surface area contributed by atoms with Crippen LogP contribution in [-0.4, -0.2) is 45.8 Å². The van der Waals surface area contributed by atoms with Crippen molar-refractivity contribution in [2.24, 2.45) is 0 Å². The third-order valence-corrected chi connectivity index (χ3v) is 5.75. The van der Waals surface area contributed by atoms with Crippen LogP contribution in [0, 0.1) is 5.82 Å². The zero-order valence-corrected chi connectivity index (χ0v) is 17.2. The molecule has 4 rings (SSSR count). The highest BCUT2D eigenvalue weighted by Crippen LogP contribution is 2.52. The Morgan fingerprint density at radius 2 is 2.10 bits per heavy atom. The third-order valence-electron chi connectivity index (χ3n) is 5.41. The van der Waals surface area contributed by atoms with Crippen LogP contribution in [0.4, 0.5) is 21.5 Å². The quantitative estimate of drug-likeness (QED) is 0.661. The molecule has 2 heterocycles. The smallest absolute Gasteiger partial charge is 0.254 e. The summed E-state index contributed by atoms with van der Waals surface area (Å²) in [5.41, 5.74) is 0.503. The van der Waals surface area contributed by atoms with Crippen LogP contribution in [-0.2, 0) is 0 Å². The number of halogens is 2. The van der Waals surface area contributed by atoms with E-state index < -0.39 is 23.3 Å². The lowest BCUT2D eigenvalue weighted by molar-refractivity contribution is 0.0960. The first-order chi connectivity index (χ1) is 14.1. The topological polar surface area (TPSA) is 67.8 Å². The lowest BCUT2D eigenvalue weighted by Gasteiger charge is -2.36. The summed E-state index contributed by atoms with van der Waals surface area (Å²) in [5.74, 6) is -0.575. The third kappa shape index (κ3) is 2.87. The molecular weight excluding hydrogens is 404 g/mol. The van der Waals surface area contributed by atoms with Gasteiger partial charge in [-0.3, -0.25) is 4.79 Å². The minimum Gasteiger partial charge on any atom is -0.389 e. The van der Waals surface area contributed by atoms with Gasteiger partial charge >= 0.3 is 0 Å². The molecule has 1 unspecified atom stereocenters. The maximum atomic E-state index is 14.0. The molecule has 3 N–H and O–H groups in total. The Balaban J connectivity index is 2.04. The Morgan fingerprint density at radius 1 is 1.40 bits per heavy atom. The van der Waals surface area contributed by atoms with Gasteiger partial charge in [-0.25, -0.2) is 4.39 Å².